The van der Waals surface area contributed by atoms with Crippen LogP contribution in [0.5, 0.6) is 5.75 Å². The van der Waals surface area contributed by atoms with Gasteiger partial charge in [-0.1, -0.05) is 6.07 Å². The van der Waals surface area contributed by atoms with E-state index in [9.17, 15) is 19.7 Å². The summed E-state index contributed by atoms with van der Waals surface area (Å²) in [5, 5.41) is 14.0. The zero-order valence-electron chi connectivity index (χ0n) is 17.0. The molecule has 2 heterocycles. The van der Waals surface area contributed by atoms with Crippen LogP contribution in [0.25, 0.3) is 5.57 Å². The van der Waals surface area contributed by atoms with Crippen LogP contribution in [0.3, 0.4) is 0 Å². The molecule has 4 rings (SSSR count). The topological polar surface area (TPSA) is 115 Å². The highest BCUT2D eigenvalue weighted by Crippen LogP contribution is 2.32. The van der Waals surface area contributed by atoms with Crippen molar-refractivity contribution in [2.24, 2.45) is 0 Å². The molecule has 1 aromatic heterocycles. The van der Waals surface area contributed by atoms with Gasteiger partial charge in [0.2, 0.25) is 0 Å². The van der Waals surface area contributed by atoms with Gasteiger partial charge in [-0.25, -0.2) is 0 Å². The number of ether oxygens (including phenoxy) is 1. The molecule has 0 unspecified atom stereocenters. The monoisotopic (exact) mass is 430 g/mol. The lowest BCUT2D eigenvalue weighted by Gasteiger charge is -2.15. The van der Waals surface area contributed by atoms with Gasteiger partial charge in [-0.2, -0.15) is 0 Å². The molecule has 2 aromatic carbocycles. The Labute approximate surface area is 183 Å². The van der Waals surface area contributed by atoms with Gasteiger partial charge in [0.05, 0.1) is 24.2 Å². The number of hydrogen-bond donors (Lipinski definition) is 1. The van der Waals surface area contributed by atoms with Gasteiger partial charge >= 0.3 is 0 Å². The lowest BCUT2D eigenvalue weighted by atomic mass is 10.0. The van der Waals surface area contributed by atoms with Gasteiger partial charge in [-0.15, -0.1) is 0 Å². The maximum atomic E-state index is 13.3. The van der Waals surface area contributed by atoms with Crippen molar-refractivity contribution >= 4 is 28.8 Å². The average Bonchev–Trinajstić information content (AvgIpc) is 3.04. The summed E-state index contributed by atoms with van der Waals surface area (Å²) in [5.74, 6) is -0.348. The second kappa shape index (κ2) is 8.68. The van der Waals surface area contributed by atoms with Crippen LogP contribution in [-0.4, -0.2) is 33.7 Å². The summed E-state index contributed by atoms with van der Waals surface area (Å²) < 4.78 is 5.15. The van der Waals surface area contributed by atoms with Crippen molar-refractivity contribution in [2.75, 3.05) is 12.4 Å². The molecule has 9 nitrogen and oxygen atoms in total. The van der Waals surface area contributed by atoms with Crippen LogP contribution >= 0.6 is 0 Å². The van der Waals surface area contributed by atoms with Crippen LogP contribution in [0.15, 0.2) is 78.8 Å². The molecule has 9 heteroatoms. The van der Waals surface area contributed by atoms with E-state index in [2.05, 4.69) is 10.3 Å². The number of nitrogens with zero attached hydrogens (tertiary/aromatic N) is 3. The van der Waals surface area contributed by atoms with E-state index >= 15 is 0 Å². The zero-order chi connectivity index (χ0) is 22.7. The summed E-state index contributed by atoms with van der Waals surface area (Å²) in [6, 6.07) is 15.9. The van der Waals surface area contributed by atoms with Crippen molar-refractivity contribution in [1.82, 2.24) is 9.88 Å². The number of rotatable bonds is 7. The van der Waals surface area contributed by atoms with Crippen molar-refractivity contribution in [1.29, 1.82) is 0 Å². The predicted octanol–water partition coefficient (Wildman–Crippen LogP) is 3.39. The minimum absolute atomic E-state index is 0.0514. The van der Waals surface area contributed by atoms with Crippen LogP contribution in [0.2, 0.25) is 0 Å². The fourth-order valence-electron chi connectivity index (χ4n) is 3.35. The highest BCUT2D eigenvalue weighted by atomic mass is 16.6. The Morgan fingerprint density at radius 2 is 1.75 bits per heavy atom. The molecule has 32 heavy (non-hydrogen) atoms. The number of imide groups is 1. The summed E-state index contributed by atoms with van der Waals surface area (Å²) in [6.07, 6.45) is 3.19. The molecule has 0 atom stereocenters. The molecule has 1 aliphatic rings. The Morgan fingerprint density at radius 3 is 2.34 bits per heavy atom. The maximum absolute atomic E-state index is 13.3. The van der Waals surface area contributed by atoms with Crippen LogP contribution in [0, 0.1) is 10.1 Å². The van der Waals surface area contributed by atoms with E-state index < -0.39 is 16.7 Å². The Bertz CT molecular complexity index is 1210. The predicted molar refractivity (Wildman–Crippen MR) is 116 cm³/mol. The minimum Gasteiger partial charge on any atom is -0.497 e. The van der Waals surface area contributed by atoms with Crippen molar-refractivity contribution in [2.45, 2.75) is 6.54 Å². The number of methoxy groups -OCH3 is 1. The van der Waals surface area contributed by atoms with Crippen molar-refractivity contribution in [3.63, 3.8) is 0 Å². The number of amides is 2. The molecule has 160 valence electrons. The largest absolute Gasteiger partial charge is 0.497 e. The van der Waals surface area contributed by atoms with E-state index in [1.807, 2.05) is 0 Å². The number of nitrogens with one attached hydrogen (secondary N) is 1. The van der Waals surface area contributed by atoms with Gasteiger partial charge in [0.25, 0.3) is 17.5 Å². The molecule has 0 saturated heterocycles. The van der Waals surface area contributed by atoms with E-state index in [0.29, 0.717) is 22.6 Å². The lowest BCUT2D eigenvalue weighted by Crippen LogP contribution is -2.32. The number of nitro benzene ring substituents is 1. The van der Waals surface area contributed by atoms with Gasteiger partial charge < -0.3 is 10.1 Å². The van der Waals surface area contributed by atoms with Crippen LogP contribution in [0.4, 0.5) is 11.4 Å². The first kappa shape index (κ1) is 20.7. The SMILES string of the molecule is COc1ccc(NC2=C(c3ccc([N+](=O)[O-])cc3)C(=O)N(Cc3cccnc3)C2=O)cc1. The molecule has 0 aliphatic carbocycles. The van der Waals surface area contributed by atoms with Crippen LogP contribution < -0.4 is 10.1 Å². The number of nitro groups is 1. The average molecular weight is 430 g/mol. The summed E-state index contributed by atoms with van der Waals surface area (Å²) in [6.45, 7) is 0.0514. The quantitative estimate of drug-likeness (QED) is 0.347. The molecular formula is C23H18N4O5. The smallest absolute Gasteiger partial charge is 0.278 e. The van der Waals surface area contributed by atoms with E-state index in [1.165, 1.54) is 24.3 Å². The number of aromatic nitrogens is 1. The third-order valence-corrected chi connectivity index (χ3v) is 4.96. The molecular weight excluding hydrogens is 412 g/mol. The van der Waals surface area contributed by atoms with Gasteiger partial charge in [0.15, 0.2) is 0 Å². The highest BCUT2D eigenvalue weighted by Gasteiger charge is 2.39. The first-order chi connectivity index (χ1) is 15.5. The van der Waals surface area contributed by atoms with Crippen LogP contribution in [0.1, 0.15) is 11.1 Å². The first-order valence-corrected chi connectivity index (χ1v) is 9.63. The molecule has 0 saturated carbocycles. The van der Waals surface area contributed by atoms with Gasteiger partial charge in [0, 0.05) is 30.2 Å². The molecule has 0 fully saturated rings. The van der Waals surface area contributed by atoms with E-state index in [4.69, 9.17) is 4.74 Å². The second-order valence-electron chi connectivity index (χ2n) is 6.97. The number of non-ortho nitro benzene ring substituents is 1. The Balaban J connectivity index is 1.73. The van der Waals surface area contributed by atoms with E-state index in [1.54, 1.807) is 55.9 Å². The molecule has 3 aromatic rings. The lowest BCUT2D eigenvalue weighted by molar-refractivity contribution is -0.384. The molecule has 0 radical (unpaired) electrons. The molecule has 0 spiro atoms. The van der Waals surface area contributed by atoms with E-state index in [0.717, 1.165) is 4.90 Å². The van der Waals surface area contributed by atoms with Crippen molar-refractivity contribution in [3.05, 3.63) is 100.0 Å². The molecule has 0 bridgehead atoms. The summed E-state index contributed by atoms with van der Waals surface area (Å²) in [7, 11) is 1.55. The molecule has 1 N–H and O–H groups in total. The number of anilines is 1. The minimum atomic E-state index is -0.523. The van der Waals surface area contributed by atoms with Gasteiger partial charge in [0.1, 0.15) is 11.4 Å². The Morgan fingerprint density at radius 1 is 1.03 bits per heavy atom. The van der Waals surface area contributed by atoms with Crippen molar-refractivity contribution in [3.8, 4) is 5.75 Å². The summed E-state index contributed by atoms with van der Waals surface area (Å²) in [4.78, 5) is 42.1. The Hall–Kier alpha value is -4.53. The third kappa shape index (κ3) is 4.04. The highest BCUT2D eigenvalue weighted by molar-refractivity contribution is 6.36. The number of carbonyl (C=O) groups excluding carboxylic acids is 2. The second-order valence-corrected chi connectivity index (χ2v) is 6.97. The third-order valence-electron chi connectivity index (χ3n) is 4.96. The van der Waals surface area contributed by atoms with Crippen LogP contribution in [-0.2, 0) is 16.1 Å². The first-order valence-electron chi connectivity index (χ1n) is 9.63. The number of benzene rings is 2. The van der Waals surface area contributed by atoms with Gasteiger partial charge in [-0.05, 0) is 53.6 Å². The zero-order valence-corrected chi connectivity index (χ0v) is 17.0. The van der Waals surface area contributed by atoms with Gasteiger partial charge in [-0.3, -0.25) is 29.6 Å². The maximum Gasteiger partial charge on any atom is 0.278 e. The number of pyridine rings is 1. The Kier molecular flexibility index (Phi) is 5.63. The normalized spacial score (nSPS) is 13.5. The fraction of sp³-hybridized carbons (Fsp3) is 0.0870. The molecule has 1 aliphatic heterocycles. The summed E-state index contributed by atoms with van der Waals surface area (Å²) in [5.41, 5.74) is 1.82. The molecule has 2 amide bonds. The number of carbonyl (C=O) groups is 2. The number of hydrogen-bond acceptors (Lipinski definition) is 7. The van der Waals surface area contributed by atoms with E-state index in [-0.39, 0.29) is 23.5 Å². The van der Waals surface area contributed by atoms with Crippen molar-refractivity contribution < 1.29 is 19.2 Å². The summed E-state index contributed by atoms with van der Waals surface area (Å²) >= 11 is 0. The fourth-order valence-corrected chi connectivity index (χ4v) is 3.35. The standard InChI is InChI=1S/C23H18N4O5/c1-32-19-10-6-17(7-11-19)25-21-20(16-4-8-18(9-5-16)27(30)31)22(28)26(23(21)29)14-15-3-2-12-24-13-15/h2-13,25H,14H2,1H3.